The van der Waals surface area contributed by atoms with Crippen LogP contribution in [0.5, 0.6) is 0 Å². The lowest BCUT2D eigenvalue weighted by Gasteiger charge is -2.40. The summed E-state index contributed by atoms with van der Waals surface area (Å²) in [6.45, 7) is 6.01. The predicted octanol–water partition coefficient (Wildman–Crippen LogP) is 18.9. The Morgan fingerprint density at radius 3 is 1.13 bits per heavy atom. The maximum atomic E-state index is 13.2. The summed E-state index contributed by atoms with van der Waals surface area (Å²) < 4.78 is 28.6. The highest BCUT2D eigenvalue weighted by Crippen LogP contribution is 2.27. The molecule has 0 aromatic carbocycles. The molecule has 12 heteroatoms. The zero-order chi connectivity index (χ0) is 60.3. The molecule has 1 rings (SSSR count). The summed E-state index contributed by atoms with van der Waals surface area (Å²) in [5, 5.41) is 31.6. The van der Waals surface area contributed by atoms with Gasteiger partial charge in [0.1, 0.15) is 18.8 Å². The predicted molar refractivity (Wildman–Crippen MR) is 340 cm³/mol. The number of unbranched alkanes of at least 4 members (excludes halogenated alkanes) is 38. The summed E-state index contributed by atoms with van der Waals surface area (Å²) in [6, 6.07) is 0. The van der Waals surface area contributed by atoms with Crippen LogP contribution in [-0.4, -0.2) is 89.2 Å². The molecule has 0 saturated carbocycles. The zero-order valence-corrected chi connectivity index (χ0v) is 53.5. The molecule has 0 radical (unpaired) electrons. The van der Waals surface area contributed by atoms with Crippen LogP contribution in [0.1, 0.15) is 329 Å². The topological polar surface area (TPSA) is 175 Å². The van der Waals surface area contributed by atoms with E-state index in [1.54, 1.807) is 0 Å². The Balaban J connectivity index is 2.64. The highest BCUT2D eigenvalue weighted by Gasteiger charge is 2.50. The van der Waals surface area contributed by atoms with E-state index < -0.39 is 67.3 Å². The van der Waals surface area contributed by atoms with Gasteiger partial charge in [-0.3, -0.25) is 14.4 Å². The zero-order valence-electron chi connectivity index (χ0n) is 53.5. The first-order chi connectivity index (χ1) is 40.6. The quantitative estimate of drug-likeness (QED) is 0.0228. The van der Waals surface area contributed by atoms with Crippen LogP contribution in [0.2, 0.25) is 0 Å². The van der Waals surface area contributed by atoms with Crippen molar-refractivity contribution in [2.75, 3.05) is 13.2 Å². The fourth-order valence-corrected chi connectivity index (χ4v) is 10.5. The average molecular weight is 1170 g/mol. The molecule has 0 aromatic heterocycles. The van der Waals surface area contributed by atoms with E-state index in [1.165, 1.54) is 173 Å². The van der Waals surface area contributed by atoms with E-state index in [0.29, 0.717) is 19.3 Å². The van der Waals surface area contributed by atoms with Crippen LogP contribution in [0.15, 0.2) is 48.6 Å². The van der Waals surface area contributed by atoms with Crippen LogP contribution < -0.4 is 0 Å². The van der Waals surface area contributed by atoms with Crippen molar-refractivity contribution in [1.82, 2.24) is 0 Å². The second kappa shape index (κ2) is 59.0. The Bertz CT molecular complexity index is 1630. The summed E-state index contributed by atoms with van der Waals surface area (Å²) >= 11 is 0. The second-order valence-electron chi connectivity index (χ2n) is 23.8. The number of carboxylic acids is 1. The van der Waals surface area contributed by atoms with Crippen molar-refractivity contribution in [2.45, 2.75) is 366 Å². The van der Waals surface area contributed by atoms with Crippen molar-refractivity contribution < 1.29 is 58.2 Å². The molecule has 6 unspecified atom stereocenters. The van der Waals surface area contributed by atoms with Crippen molar-refractivity contribution in [3.63, 3.8) is 0 Å². The molecule has 1 heterocycles. The molecule has 482 valence electrons. The van der Waals surface area contributed by atoms with Gasteiger partial charge < -0.3 is 39.0 Å². The van der Waals surface area contributed by atoms with Crippen LogP contribution in [0.3, 0.4) is 0 Å². The number of aliphatic carboxylic acids is 1. The van der Waals surface area contributed by atoms with Gasteiger partial charge in [0, 0.05) is 19.3 Å². The molecular formula is C71H126O12. The van der Waals surface area contributed by atoms with Gasteiger partial charge in [-0.2, -0.15) is 0 Å². The van der Waals surface area contributed by atoms with E-state index in [0.717, 1.165) is 96.3 Å². The Labute approximate surface area is 507 Å². The molecule has 0 aliphatic carbocycles. The minimum absolute atomic E-state index is 0.0637. The van der Waals surface area contributed by atoms with Crippen LogP contribution in [0, 0.1) is 0 Å². The molecule has 1 aliphatic rings. The number of aliphatic hydroxyl groups excluding tert-OH is 2. The Morgan fingerprint density at radius 2 is 0.723 bits per heavy atom. The fraction of sp³-hybridized carbons (Fsp3) is 0.831. The smallest absolute Gasteiger partial charge is 0.335 e. The van der Waals surface area contributed by atoms with E-state index in [2.05, 4.69) is 69.4 Å². The molecule has 6 atom stereocenters. The lowest BCUT2D eigenvalue weighted by atomic mass is 9.98. The lowest BCUT2D eigenvalue weighted by Crippen LogP contribution is -2.61. The molecule has 0 amide bonds. The molecule has 1 saturated heterocycles. The monoisotopic (exact) mass is 1170 g/mol. The molecule has 0 bridgehead atoms. The Hall–Kier alpha value is -3.32. The van der Waals surface area contributed by atoms with Gasteiger partial charge in [0.05, 0.1) is 6.61 Å². The number of aliphatic hydroxyl groups is 2. The highest BCUT2D eigenvalue weighted by atomic mass is 16.7. The van der Waals surface area contributed by atoms with Crippen molar-refractivity contribution in [3.05, 3.63) is 48.6 Å². The third kappa shape index (κ3) is 48.5. The van der Waals surface area contributed by atoms with Crippen molar-refractivity contribution in [1.29, 1.82) is 0 Å². The van der Waals surface area contributed by atoms with Crippen LogP contribution in [-0.2, 0) is 42.9 Å². The number of esters is 3. The molecule has 12 nitrogen and oxygen atoms in total. The number of ether oxygens (including phenoxy) is 5. The number of carbonyl (C=O) groups excluding carboxylic acids is 3. The van der Waals surface area contributed by atoms with Crippen LogP contribution in [0.25, 0.3) is 0 Å². The number of rotatable bonds is 60. The summed E-state index contributed by atoms with van der Waals surface area (Å²) in [5.74, 6) is -3.11. The normalized spacial score (nSPS) is 17.8. The molecule has 1 fully saturated rings. The van der Waals surface area contributed by atoms with Gasteiger partial charge in [-0.05, 0) is 83.5 Å². The second-order valence-corrected chi connectivity index (χ2v) is 23.8. The Kier molecular flexibility index (Phi) is 55.3. The van der Waals surface area contributed by atoms with E-state index in [4.69, 9.17) is 23.7 Å². The SMILES string of the molecule is CCCCC/C=C\C/C=C\C/C=C\CCCCCCCCC(=O)OCC(COC1OC(C(=O)O)C(O)C(O)C1OC(=O)CCCCCCCCCCCCCCCCC)OC(=O)CCCCCCCCCCC/C=C\CCCCCCCC. The molecule has 0 aromatic rings. The standard InChI is InChI=1S/C71H126O12/c1-4-7-10-13-16-19-22-25-28-30-32-34-37-39-42-45-48-51-54-57-63(72)79-60-62(81-64(73)58-55-52-49-46-43-41-38-35-33-31-29-26-23-20-17-14-11-8-5-2)61-80-71-69(67(76)66(75)68(83-71)70(77)78)82-65(74)59-56-53-50-47-44-40-36-27-24-21-18-15-12-9-6-3/h16,19,25-26,28-29,32,34,62,66-69,71,75-76H,4-15,17-18,20-24,27,30-31,33,35-61H2,1-3H3,(H,77,78)/b19-16-,28-25-,29-26-,34-32-. The average Bonchev–Trinajstić information content (AvgIpc) is 3.58. The number of hydrogen-bond acceptors (Lipinski definition) is 11. The lowest BCUT2D eigenvalue weighted by molar-refractivity contribution is -0.301. The number of carbonyl (C=O) groups is 4. The summed E-state index contributed by atoms with van der Waals surface area (Å²) in [5.41, 5.74) is 0. The van der Waals surface area contributed by atoms with E-state index in [9.17, 15) is 34.5 Å². The van der Waals surface area contributed by atoms with Gasteiger partial charge in [0.15, 0.2) is 24.6 Å². The van der Waals surface area contributed by atoms with Crippen molar-refractivity contribution >= 4 is 23.9 Å². The van der Waals surface area contributed by atoms with Gasteiger partial charge in [-0.15, -0.1) is 0 Å². The third-order valence-electron chi connectivity index (χ3n) is 15.9. The first kappa shape index (κ1) is 77.7. The van der Waals surface area contributed by atoms with E-state index in [1.807, 2.05) is 0 Å². The van der Waals surface area contributed by atoms with E-state index in [-0.39, 0.29) is 25.9 Å². The number of carboxylic acid groups (broad SMARTS) is 1. The largest absolute Gasteiger partial charge is 0.479 e. The molecule has 3 N–H and O–H groups in total. The fourth-order valence-electron chi connectivity index (χ4n) is 10.5. The van der Waals surface area contributed by atoms with Gasteiger partial charge in [-0.1, -0.05) is 275 Å². The molecule has 0 spiro atoms. The first-order valence-corrected chi connectivity index (χ1v) is 34.6. The molecule has 1 aliphatic heterocycles. The first-order valence-electron chi connectivity index (χ1n) is 34.6. The van der Waals surface area contributed by atoms with Gasteiger partial charge >= 0.3 is 23.9 Å². The minimum atomic E-state index is -1.90. The van der Waals surface area contributed by atoms with Crippen LogP contribution >= 0.6 is 0 Å². The summed E-state index contributed by atoms with van der Waals surface area (Å²) in [7, 11) is 0. The van der Waals surface area contributed by atoms with Crippen molar-refractivity contribution in [3.8, 4) is 0 Å². The van der Waals surface area contributed by atoms with Crippen LogP contribution in [0.4, 0.5) is 0 Å². The maximum Gasteiger partial charge on any atom is 0.335 e. The molecule has 83 heavy (non-hydrogen) atoms. The number of allylic oxidation sites excluding steroid dienone is 8. The maximum absolute atomic E-state index is 13.2. The Morgan fingerprint density at radius 1 is 0.398 bits per heavy atom. The third-order valence-corrected chi connectivity index (χ3v) is 15.9. The van der Waals surface area contributed by atoms with Crippen molar-refractivity contribution in [2.24, 2.45) is 0 Å². The summed E-state index contributed by atoms with van der Waals surface area (Å²) in [4.78, 5) is 51.4. The minimum Gasteiger partial charge on any atom is -0.479 e. The highest BCUT2D eigenvalue weighted by molar-refractivity contribution is 5.74. The molecular weight excluding hydrogens is 1040 g/mol. The van der Waals surface area contributed by atoms with Gasteiger partial charge in [0.25, 0.3) is 0 Å². The van der Waals surface area contributed by atoms with Gasteiger partial charge in [-0.25, -0.2) is 4.79 Å². The number of hydrogen-bond donors (Lipinski definition) is 3. The van der Waals surface area contributed by atoms with Gasteiger partial charge in [0.2, 0.25) is 0 Å². The van der Waals surface area contributed by atoms with E-state index >= 15 is 0 Å². The summed E-state index contributed by atoms with van der Waals surface area (Å²) in [6.07, 6.45) is 60.6.